The second kappa shape index (κ2) is 4.34. The molecule has 5 atom stereocenters. The van der Waals surface area contributed by atoms with Gasteiger partial charge in [-0.3, -0.25) is 4.79 Å². The highest BCUT2D eigenvalue weighted by Crippen LogP contribution is 2.43. The van der Waals surface area contributed by atoms with Crippen LogP contribution in [-0.2, 0) is 0 Å². The molecule has 4 bridgehead atoms. The topological polar surface area (TPSA) is 32.3 Å². The molecule has 1 saturated carbocycles. The molecule has 0 spiro atoms. The number of piperidine rings is 3. The average molecular weight is 256 g/mol. The lowest BCUT2D eigenvalue weighted by Gasteiger charge is -2.55. The van der Waals surface area contributed by atoms with E-state index in [0.29, 0.717) is 17.9 Å². The van der Waals surface area contributed by atoms with E-state index in [0.717, 1.165) is 11.5 Å². The van der Waals surface area contributed by atoms with Crippen LogP contribution in [0.2, 0.25) is 0 Å². The van der Waals surface area contributed by atoms with Gasteiger partial charge >= 0.3 is 0 Å². The Kier molecular flexibility index (Phi) is 2.62. The van der Waals surface area contributed by atoms with Crippen molar-refractivity contribution in [1.82, 2.24) is 10.2 Å². The van der Waals surface area contributed by atoms with E-state index in [2.05, 4.69) is 10.2 Å². The largest absolute Gasteiger partial charge is 0.349 e. The molecular weight excluding hydrogens is 236 g/mol. The van der Waals surface area contributed by atoms with E-state index >= 15 is 0 Å². The number of nitrogens with zero attached hydrogens (tertiary/aromatic N) is 1. The maximum Gasteiger partial charge on any atom is 0.251 e. The first-order valence-corrected chi connectivity index (χ1v) is 7.38. The van der Waals surface area contributed by atoms with Crippen LogP contribution in [0.1, 0.15) is 23.2 Å². The first kappa shape index (κ1) is 11.5. The van der Waals surface area contributed by atoms with Gasteiger partial charge in [-0.2, -0.15) is 0 Å². The summed E-state index contributed by atoms with van der Waals surface area (Å²) in [4.78, 5) is 14.9. The summed E-state index contributed by atoms with van der Waals surface area (Å²) in [5.74, 6) is 2.35. The normalized spacial score (nSPS) is 39.3. The smallest absolute Gasteiger partial charge is 0.251 e. The average Bonchev–Trinajstić information content (AvgIpc) is 2.43. The van der Waals surface area contributed by atoms with Crippen molar-refractivity contribution >= 4 is 5.91 Å². The Balaban J connectivity index is 1.50. The second-order valence-electron chi connectivity index (χ2n) is 6.44. The van der Waals surface area contributed by atoms with E-state index < -0.39 is 0 Å². The summed E-state index contributed by atoms with van der Waals surface area (Å²) in [6.07, 6.45) is 2.62. The van der Waals surface area contributed by atoms with Crippen LogP contribution in [0.15, 0.2) is 30.3 Å². The molecule has 1 aliphatic carbocycles. The number of benzene rings is 1. The minimum absolute atomic E-state index is 0.105. The molecule has 3 heterocycles. The van der Waals surface area contributed by atoms with Crippen molar-refractivity contribution in [2.24, 2.45) is 17.8 Å². The molecule has 3 unspecified atom stereocenters. The first-order valence-electron chi connectivity index (χ1n) is 7.38. The monoisotopic (exact) mass is 256 g/mol. The summed E-state index contributed by atoms with van der Waals surface area (Å²) >= 11 is 0. The van der Waals surface area contributed by atoms with E-state index in [4.69, 9.17) is 0 Å². The van der Waals surface area contributed by atoms with Crippen molar-refractivity contribution in [2.45, 2.75) is 18.9 Å². The van der Waals surface area contributed by atoms with Gasteiger partial charge in [0.25, 0.3) is 5.91 Å². The zero-order valence-electron chi connectivity index (χ0n) is 11.1. The van der Waals surface area contributed by atoms with Gasteiger partial charge in [0.1, 0.15) is 0 Å². The van der Waals surface area contributed by atoms with Gasteiger partial charge in [-0.1, -0.05) is 18.2 Å². The van der Waals surface area contributed by atoms with Crippen LogP contribution in [0.5, 0.6) is 0 Å². The maximum absolute atomic E-state index is 12.3. The Morgan fingerprint density at radius 3 is 2.37 bits per heavy atom. The van der Waals surface area contributed by atoms with E-state index in [1.165, 1.54) is 32.5 Å². The summed E-state index contributed by atoms with van der Waals surface area (Å²) in [6.45, 7) is 3.67. The summed E-state index contributed by atoms with van der Waals surface area (Å²) in [5, 5.41) is 3.31. The van der Waals surface area contributed by atoms with Crippen molar-refractivity contribution in [3.63, 3.8) is 0 Å². The molecule has 100 valence electrons. The lowest BCUT2D eigenvalue weighted by molar-refractivity contribution is -0.0418. The first-order chi connectivity index (χ1) is 9.29. The van der Waals surface area contributed by atoms with Gasteiger partial charge in [0, 0.05) is 31.2 Å². The van der Waals surface area contributed by atoms with Crippen LogP contribution in [0.4, 0.5) is 0 Å². The van der Waals surface area contributed by atoms with Gasteiger partial charge in [-0.25, -0.2) is 0 Å². The Morgan fingerprint density at radius 1 is 1.05 bits per heavy atom. The minimum atomic E-state index is 0.105. The van der Waals surface area contributed by atoms with Crippen molar-refractivity contribution < 1.29 is 4.79 Å². The third kappa shape index (κ3) is 1.96. The zero-order chi connectivity index (χ0) is 12.8. The summed E-state index contributed by atoms with van der Waals surface area (Å²) < 4.78 is 0. The summed E-state index contributed by atoms with van der Waals surface area (Å²) in [5.41, 5.74) is 0.789. The van der Waals surface area contributed by atoms with Gasteiger partial charge in [0.2, 0.25) is 0 Å². The number of carbonyl (C=O) groups is 1. The Morgan fingerprint density at radius 2 is 1.74 bits per heavy atom. The predicted molar refractivity (Wildman–Crippen MR) is 73.8 cm³/mol. The predicted octanol–water partition coefficient (Wildman–Crippen LogP) is 1.76. The molecule has 4 aliphatic rings. The molecule has 0 radical (unpaired) electrons. The quantitative estimate of drug-likeness (QED) is 0.874. The molecule has 3 heteroatoms. The fourth-order valence-electron chi connectivity index (χ4n) is 4.47. The zero-order valence-corrected chi connectivity index (χ0v) is 11.1. The fraction of sp³-hybridized carbons (Fsp3) is 0.562. The van der Waals surface area contributed by atoms with Crippen molar-refractivity contribution in [1.29, 1.82) is 0 Å². The van der Waals surface area contributed by atoms with E-state index in [1.54, 1.807) is 0 Å². The van der Waals surface area contributed by atoms with Crippen LogP contribution in [0.3, 0.4) is 0 Å². The highest BCUT2D eigenvalue weighted by Gasteiger charge is 2.47. The van der Waals surface area contributed by atoms with Gasteiger partial charge in [-0.15, -0.1) is 0 Å². The lowest BCUT2D eigenvalue weighted by atomic mass is 9.65. The lowest BCUT2D eigenvalue weighted by Crippen LogP contribution is -2.64. The number of hydrogen-bond acceptors (Lipinski definition) is 2. The van der Waals surface area contributed by atoms with Crippen LogP contribution < -0.4 is 5.32 Å². The van der Waals surface area contributed by atoms with Gasteiger partial charge in [0.15, 0.2) is 0 Å². The molecule has 3 saturated heterocycles. The van der Waals surface area contributed by atoms with Crippen LogP contribution in [0, 0.1) is 17.8 Å². The Labute approximate surface area is 114 Å². The standard InChI is InChI=1S/C16H20N2O/c19-16(12-4-2-1-3-5-12)17-15-13-6-11-7-14(15)10-18(8-11)9-13/h1-5,11,13-15H,6-10H2,(H,17,19)/t11?,13-,14+,15?. The number of rotatable bonds is 2. The molecule has 1 N–H and O–H groups in total. The van der Waals surface area contributed by atoms with Gasteiger partial charge < -0.3 is 10.2 Å². The highest BCUT2D eigenvalue weighted by atomic mass is 16.1. The number of hydrogen-bond donors (Lipinski definition) is 1. The molecule has 19 heavy (non-hydrogen) atoms. The minimum Gasteiger partial charge on any atom is -0.349 e. The molecular formula is C16H20N2O. The van der Waals surface area contributed by atoms with Gasteiger partial charge in [-0.05, 0) is 42.7 Å². The molecule has 0 aromatic heterocycles. The highest BCUT2D eigenvalue weighted by molar-refractivity contribution is 5.94. The summed E-state index contributed by atoms with van der Waals surface area (Å²) in [7, 11) is 0. The maximum atomic E-state index is 12.3. The van der Waals surface area contributed by atoms with Gasteiger partial charge in [0.05, 0.1) is 0 Å². The van der Waals surface area contributed by atoms with Crippen LogP contribution in [-0.4, -0.2) is 36.5 Å². The molecule has 3 aliphatic heterocycles. The molecule has 5 rings (SSSR count). The Bertz CT molecular complexity index is 457. The van der Waals surface area contributed by atoms with E-state index in [1.807, 2.05) is 30.3 Å². The third-order valence-corrected chi connectivity index (χ3v) is 5.12. The molecule has 3 nitrogen and oxygen atoms in total. The molecule has 1 aromatic carbocycles. The van der Waals surface area contributed by atoms with Crippen molar-refractivity contribution in [3.05, 3.63) is 35.9 Å². The van der Waals surface area contributed by atoms with E-state index in [9.17, 15) is 4.79 Å². The third-order valence-electron chi connectivity index (χ3n) is 5.12. The fourth-order valence-corrected chi connectivity index (χ4v) is 4.47. The second-order valence-corrected chi connectivity index (χ2v) is 6.44. The Hall–Kier alpha value is -1.35. The van der Waals surface area contributed by atoms with Crippen LogP contribution >= 0.6 is 0 Å². The SMILES string of the molecule is O=C(NC1[C@@H]2CC3C[C@H]1CN(C3)C2)c1ccccc1. The molecule has 4 fully saturated rings. The number of nitrogens with one attached hydrogen (secondary N) is 1. The van der Waals surface area contributed by atoms with Crippen molar-refractivity contribution in [3.8, 4) is 0 Å². The molecule has 1 aromatic rings. The molecule has 1 amide bonds. The number of carbonyl (C=O) groups excluding carboxylic acids is 1. The van der Waals surface area contributed by atoms with Crippen molar-refractivity contribution in [2.75, 3.05) is 19.6 Å². The van der Waals surface area contributed by atoms with Crippen LogP contribution in [0.25, 0.3) is 0 Å². The number of amides is 1. The summed E-state index contributed by atoms with van der Waals surface area (Å²) in [6, 6.07) is 10.0. The van der Waals surface area contributed by atoms with E-state index in [-0.39, 0.29) is 5.91 Å².